The van der Waals surface area contributed by atoms with Crippen LogP contribution in [0.25, 0.3) is 0 Å². The SMILES string of the molecule is Cc1sc(C(=O)NN)cc1CN1CCCC1C. The smallest absolute Gasteiger partial charge is 0.275 e. The first-order valence-electron chi connectivity index (χ1n) is 5.96. The number of carbonyl (C=O) groups excluding carboxylic acids is 1. The van der Waals surface area contributed by atoms with E-state index in [9.17, 15) is 4.79 Å². The maximum atomic E-state index is 11.4. The minimum Gasteiger partial charge on any atom is -0.296 e. The highest BCUT2D eigenvalue weighted by Gasteiger charge is 2.22. The molecule has 3 N–H and O–H groups in total. The quantitative estimate of drug-likeness (QED) is 0.489. The minimum absolute atomic E-state index is 0.196. The Morgan fingerprint density at radius 1 is 1.71 bits per heavy atom. The van der Waals surface area contributed by atoms with E-state index < -0.39 is 0 Å². The zero-order valence-corrected chi connectivity index (χ0v) is 11.1. The van der Waals surface area contributed by atoms with Crippen molar-refractivity contribution in [2.45, 2.75) is 39.3 Å². The maximum absolute atomic E-state index is 11.4. The second-order valence-electron chi connectivity index (χ2n) is 4.63. The van der Waals surface area contributed by atoms with Crippen LogP contribution in [0, 0.1) is 6.92 Å². The van der Waals surface area contributed by atoms with Crippen LogP contribution >= 0.6 is 11.3 Å². The highest BCUT2D eigenvalue weighted by atomic mass is 32.1. The number of rotatable bonds is 3. The summed E-state index contributed by atoms with van der Waals surface area (Å²) in [5, 5.41) is 0. The summed E-state index contributed by atoms with van der Waals surface area (Å²) >= 11 is 1.51. The van der Waals surface area contributed by atoms with Crippen molar-refractivity contribution in [3.63, 3.8) is 0 Å². The van der Waals surface area contributed by atoms with Crippen molar-refractivity contribution in [1.82, 2.24) is 10.3 Å². The zero-order valence-electron chi connectivity index (χ0n) is 10.3. The van der Waals surface area contributed by atoms with Gasteiger partial charge in [0.25, 0.3) is 5.91 Å². The van der Waals surface area contributed by atoms with Gasteiger partial charge in [-0.3, -0.25) is 15.1 Å². The molecular weight excluding hydrogens is 234 g/mol. The van der Waals surface area contributed by atoms with Gasteiger partial charge in [0, 0.05) is 17.5 Å². The number of aryl methyl sites for hydroxylation is 1. The van der Waals surface area contributed by atoms with Crippen LogP contribution in [0.4, 0.5) is 0 Å². The molecule has 2 heterocycles. The molecule has 94 valence electrons. The lowest BCUT2D eigenvalue weighted by Gasteiger charge is -2.20. The van der Waals surface area contributed by atoms with Crippen molar-refractivity contribution < 1.29 is 4.79 Å². The van der Waals surface area contributed by atoms with Crippen LogP contribution in [0.5, 0.6) is 0 Å². The van der Waals surface area contributed by atoms with Gasteiger partial charge < -0.3 is 0 Å². The number of hydrogen-bond acceptors (Lipinski definition) is 4. The van der Waals surface area contributed by atoms with E-state index in [-0.39, 0.29) is 5.91 Å². The number of nitrogen functional groups attached to an aromatic ring is 1. The van der Waals surface area contributed by atoms with Crippen LogP contribution in [0.15, 0.2) is 6.07 Å². The molecule has 1 aromatic rings. The van der Waals surface area contributed by atoms with Crippen molar-refractivity contribution in [3.8, 4) is 0 Å². The van der Waals surface area contributed by atoms with Gasteiger partial charge in [-0.05, 0) is 44.9 Å². The van der Waals surface area contributed by atoms with Crippen LogP contribution in [0.2, 0.25) is 0 Å². The maximum Gasteiger partial charge on any atom is 0.275 e. The Hall–Kier alpha value is -0.910. The fraction of sp³-hybridized carbons (Fsp3) is 0.583. The lowest BCUT2D eigenvalue weighted by Crippen LogP contribution is -2.29. The summed E-state index contributed by atoms with van der Waals surface area (Å²) in [6, 6.07) is 2.62. The Balaban J connectivity index is 2.10. The standard InChI is InChI=1S/C12H19N3OS/c1-8-4-3-5-15(8)7-10-6-11(12(16)14-13)17-9(10)2/h6,8H,3-5,7,13H2,1-2H3,(H,14,16). The number of hydrogen-bond donors (Lipinski definition) is 2. The van der Waals surface area contributed by atoms with Crippen molar-refractivity contribution in [3.05, 3.63) is 21.4 Å². The third-order valence-electron chi connectivity index (χ3n) is 3.44. The second kappa shape index (κ2) is 5.16. The number of likely N-dealkylation sites (tertiary alicyclic amines) is 1. The Labute approximate surface area is 106 Å². The topological polar surface area (TPSA) is 58.4 Å². The number of nitrogens with one attached hydrogen (secondary N) is 1. The average molecular weight is 253 g/mol. The summed E-state index contributed by atoms with van der Waals surface area (Å²) < 4.78 is 0. The second-order valence-corrected chi connectivity index (χ2v) is 5.88. The molecule has 1 aliphatic heterocycles. The predicted molar refractivity (Wildman–Crippen MR) is 69.8 cm³/mol. The van der Waals surface area contributed by atoms with Gasteiger partial charge in [-0.25, -0.2) is 5.84 Å². The molecule has 2 rings (SSSR count). The minimum atomic E-state index is -0.196. The molecule has 17 heavy (non-hydrogen) atoms. The molecule has 0 aromatic carbocycles. The average Bonchev–Trinajstić information content (AvgIpc) is 2.87. The Morgan fingerprint density at radius 3 is 3.06 bits per heavy atom. The molecule has 0 bridgehead atoms. The third kappa shape index (κ3) is 2.68. The lowest BCUT2D eigenvalue weighted by atomic mass is 10.2. The number of thiophene rings is 1. The van der Waals surface area contributed by atoms with Gasteiger partial charge in [0.1, 0.15) is 0 Å². The summed E-state index contributed by atoms with van der Waals surface area (Å²) in [4.78, 5) is 15.8. The van der Waals surface area contributed by atoms with Gasteiger partial charge in [-0.1, -0.05) is 0 Å². The monoisotopic (exact) mass is 253 g/mol. The molecular formula is C12H19N3OS. The molecule has 1 aromatic heterocycles. The van der Waals surface area contributed by atoms with Gasteiger partial charge >= 0.3 is 0 Å². The van der Waals surface area contributed by atoms with E-state index >= 15 is 0 Å². The predicted octanol–water partition coefficient (Wildman–Crippen LogP) is 1.64. The van der Waals surface area contributed by atoms with Gasteiger partial charge in [0.05, 0.1) is 4.88 Å². The highest BCUT2D eigenvalue weighted by Crippen LogP contribution is 2.26. The number of amides is 1. The Bertz CT molecular complexity index is 416. The number of carbonyl (C=O) groups is 1. The van der Waals surface area contributed by atoms with Gasteiger partial charge in [-0.15, -0.1) is 11.3 Å². The van der Waals surface area contributed by atoms with Gasteiger partial charge in [0.15, 0.2) is 0 Å². The van der Waals surface area contributed by atoms with Crippen LogP contribution in [0.3, 0.4) is 0 Å². The van der Waals surface area contributed by atoms with Crippen LogP contribution in [0.1, 0.15) is 39.9 Å². The van der Waals surface area contributed by atoms with E-state index in [0.29, 0.717) is 10.9 Å². The molecule has 1 aliphatic rings. The normalized spacial score (nSPS) is 20.8. The van der Waals surface area contributed by atoms with Crippen LogP contribution in [-0.4, -0.2) is 23.4 Å². The molecule has 4 nitrogen and oxygen atoms in total. The molecule has 1 saturated heterocycles. The number of hydrazine groups is 1. The van der Waals surface area contributed by atoms with Crippen molar-refractivity contribution in [1.29, 1.82) is 0 Å². The fourth-order valence-electron chi connectivity index (χ4n) is 2.31. The summed E-state index contributed by atoms with van der Waals surface area (Å²) in [7, 11) is 0. The molecule has 0 saturated carbocycles. The molecule has 1 amide bonds. The van der Waals surface area contributed by atoms with E-state index in [2.05, 4.69) is 24.2 Å². The van der Waals surface area contributed by atoms with Crippen molar-refractivity contribution >= 4 is 17.2 Å². The fourth-order valence-corrected chi connectivity index (χ4v) is 3.24. The first-order chi connectivity index (χ1) is 8.11. The van der Waals surface area contributed by atoms with E-state index in [4.69, 9.17) is 5.84 Å². The van der Waals surface area contributed by atoms with Crippen LogP contribution in [-0.2, 0) is 6.54 Å². The Kier molecular flexibility index (Phi) is 3.81. The van der Waals surface area contributed by atoms with E-state index in [1.807, 2.05) is 6.07 Å². The van der Waals surface area contributed by atoms with E-state index in [0.717, 1.165) is 13.1 Å². The van der Waals surface area contributed by atoms with Crippen LogP contribution < -0.4 is 11.3 Å². The molecule has 1 atom stereocenters. The molecule has 5 heteroatoms. The Morgan fingerprint density at radius 2 is 2.47 bits per heavy atom. The largest absolute Gasteiger partial charge is 0.296 e. The molecule has 0 aliphatic carbocycles. The van der Waals surface area contributed by atoms with Gasteiger partial charge in [0.2, 0.25) is 0 Å². The first kappa shape index (κ1) is 12.5. The molecule has 1 unspecified atom stereocenters. The molecule has 0 spiro atoms. The molecule has 1 fully saturated rings. The number of nitrogens with two attached hydrogens (primary N) is 1. The van der Waals surface area contributed by atoms with E-state index in [1.54, 1.807) is 0 Å². The molecule has 0 radical (unpaired) electrons. The van der Waals surface area contributed by atoms with Gasteiger partial charge in [-0.2, -0.15) is 0 Å². The van der Waals surface area contributed by atoms with Crippen molar-refractivity contribution in [2.75, 3.05) is 6.54 Å². The summed E-state index contributed by atoms with van der Waals surface area (Å²) in [6.07, 6.45) is 2.56. The first-order valence-corrected chi connectivity index (χ1v) is 6.77. The summed E-state index contributed by atoms with van der Waals surface area (Å²) in [5.41, 5.74) is 3.43. The lowest BCUT2D eigenvalue weighted by molar-refractivity contribution is 0.0957. The zero-order chi connectivity index (χ0) is 12.4. The summed E-state index contributed by atoms with van der Waals surface area (Å²) in [5.74, 6) is 4.95. The highest BCUT2D eigenvalue weighted by molar-refractivity contribution is 7.14. The van der Waals surface area contributed by atoms with E-state index in [1.165, 1.54) is 34.6 Å². The number of nitrogens with zero attached hydrogens (tertiary/aromatic N) is 1. The summed E-state index contributed by atoms with van der Waals surface area (Å²) in [6.45, 7) is 6.44. The third-order valence-corrected chi connectivity index (χ3v) is 4.53. The van der Waals surface area contributed by atoms with Crippen molar-refractivity contribution in [2.24, 2.45) is 5.84 Å².